The van der Waals surface area contributed by atoms with Crippen LogP contribution >= 0.6 is 0 Å². The van der Waals surface area contributed by atoms with Gasteiger partial charge >= 0.3 is 29.8 Å². The molecule has 0 bridgehead atoms. The molecule has 3 aromatic carbocycles. The number of carbonyl (C=O) groups is 5. The SMILES string of the molecule is CC1(C)CC[C@]2(C(=O)OCc3ccccc3)CC[C@]3(C)C(=CC[C@@H]4[C@@]5(C)C[C@@H](OC(=O)c6ccccc6C(=O)O)[C@H](OC(=O)c6ccccc6C(=O)O)C(C)(C)[C@@H]5CC[C@]43C)[C@@H]2C1. The highest BCUT2D eigenvalue weighted by Crippen LogP contribution is 2.76. The molecule has 0 heterocycles. The summed E-state index contributed by atoms with van der Waals surface area (Å²) in [7, 11) is 0. The molecule has 10 nitrogen and oxygen atoms in total. The molecule has 0 saturated heterocycles. The van der Waals surface area contributed by atoms with Crippen molar-refractivity contribution < 1.29 is 48.4 Å². The lowest BCUT2D eigenvalue weighted by molar-refractivity contribution is -0.232. The third kappa shape index (κ3) is 7.20. The van der Waals surface area contributed by atoms with Crippen molar-refractivity contribution in [1.29, 1.82) is 0 Å². The van der Waals surface area contributed by atoms with Crippen LogP contribution in [0.3, 0.4) is 0 Å². The van der Waals surface area contributed by atoms with Crippen molar-refractivity contribution >= 4 is 29.8 Å². The molecule has 0 aliphatic heterocycles. The van der Waals surface area contributed by atoms with Gasteiger partial charge in [0.05, 0.1) is 27.7 Å². The van der Waals surface area contributed by atoms with Crippen LogP contribution < -0.4 is 0 Å². The predicted octanol–water partition coefficient (Wildman–Crippen LogP) is 11.0. The number of hydrogen-bond donors (Lipinski definition) is 2. The molecule has 0 unspecified atom stereocenters. The van der Waals surface area contributed by atoms with E-state index in [9.17, 15) is 34.2 Å². The first-order valence-corrected chi connectivity index (χ1v) is 22.7. The summed E-state index contributed by atoms with van der Waals surface area (Å²) in [6.07, 6.45) is 7.50. The Hall–Kier alpha value is -5.25. The third-order valence-electron chi connectivity index (χ3n) is 17.4. The largest absolute Gasteiger partial charge is 0.478 e. The number of fused-ring (bicyclic) bond motifs is 7. The molecular weight excluding hydrogens is 797 g/mol. The van der Waals surface area contributed by atoms with Crippen molar-refractivity contribution in [2.24, 2.45) is 50.2 Å². The zero-order chi connectivity index (χ0) is 45.3. The van der Waals surface area contributed by atoms with E-state index in [-0.39, 0.29) is 68.8 Å². The van der Waals surface area contributed by atoms with Gasteiger partial charge in [-0.2, -0.15) is 0 Å². The highest BCUT2D eigenvalue weighted by Gasteiger charge is 2.71. The first-order chi connectivity index (χ1) is 29.7. The van der Waals surface area contributed by atoms with Gasteiger partial charge in [-0.1, -0.05) is 115 Å². The van der Waals surface area contributed by atoms with E-state index in [1.165, 1.54) is 29.8 Å². The standard InChI is InChI=1S/C53H62O10/c1-48(2)25-27-53(47(60)61-31-32-15-9-8-10-16-32)28-26-51(6)37(38(53)29-48)21-22-41-50(5)30-39(62-45(58)35-19-13-11-17-33(35)43(54)55)42(49(3,4)40(50)23-24-52(41,51)7)63-46(59)36-20-14-12-18-34(36)44(56)57/h8-21,38-42H,22-31H2,1-7H3,(H,54,55)(H,56,57)/t38-,39+,40-,41+,42-,50-,51+,52+,53-/m0/s1. The van der Waals surface area contributed by atoms with Crippen LogP contribution in [0.1, 0.15) is 153 Å². The second-order valence-electron chi connectivity index (χ2n) is 21.4. The summed E-state index contributed by atoms with van der Waals surface area (Å²) in [6.45, 7) is 16.2. The molecule has 0 amide bonds. The van der Waals surface area contributed by atoms with Crippen molar-refractivity contribution in [3.05, 3.63) is 118 Å². The Bertz CT molecular complexity index is 2360. The summed E-state index contributed by atoms with van der Waals surface area (Å²) in [5, 5.41) is 20.0. The van der Waals surface area contributed by atoms with Crippen molar-refractivity contribution in [2.75, 3.05) is 0 Å². The summed E-state index contributed by atoms with van der Waals surface area (Å²) in [6, 6.07) is 21.7. The monoisotopic (exact) mass is 858 g/mol. The fourth-order valence-corrected chi connectivity index (χ4v) is 14.0. The van der Waals surface area contributed by atoms with Gasteiger partial charge in [-0.05, 0) is 127 Å². The van der Waals surface area contributed by atoms with E-state index in [4.69, 9.17) is 14.2 Å². The lowest BCUT2D eigenvalue weighted by atomic mass is 9.33. The third-order valence-corrected chi connectivity index (χ3v) is 17.4. The Balaban J connectivity index is 1.17. The van der Waals surface area contributed by atoms with Gasteiger partial charge in [0.25, 0.3) is 0 Å². The molecule has 8 rings (SSSR count). The number of ether oxygens (including phenoxy) is 3. The zero-order valence-electron chi connectivity index (χ0n) is 37.7. The minimum Gasteiger partial charge on any atom is -0.478 e. The summed E-state index contributed by atoms with van der Waals surface area (Å²) in [5.74, 6) is -4.14. The Morgan fingerprint density at radius 3 is 1.79 bits per heavy atom. The molecule has 334 valence electrons. The molecule has 5 aliphatic carbocycles. The Morgan fingerprint density at radius 2 is 1.19 bits per heavy atom. The topological polar surface area (TPSA) is 154 Å². The smallest absolute Gasteiger partial charge is 0.339 e. The Kier molecular flexibility index (Phi) is 11.1. The number of benzene rings is 3. The maximum absolute atomic E-state index is 14.5. The van der Waals surface area contributed by atoms with E-state index < -0.39 is 52.3 Å². The molecule has 10 heteroatoms. The maximum atomic E-state index is 14.5. The minimum absolute atomic E-state index is 0.000315. The van der Waals surface area contributed by atoms with Gasteiger partial charge in [0, 0.05) is 5.41 Å². The Morgan fingerprint density at radius 1 is 0.635 bits per heavy atom. The van der Waals surface area contributed by atoms with Crippen molar-refractivity contribution in [3.63, 3.8) is 0 Å². The highest BCUT2D eigenvalue weighted by atomic mass is 16.6. The number of allylic oxidation sites excluding steroid dienone is 2. The van der Waals surface area contributed by atoms with Crippen LogP contribution in [0.4, 0.5) is 0 Å². The molecule has 9 atom stereocenters. The van der Waals surface area contributed by atoms with E-state index >= 15 is 0 Å². The second kappa shape index (κ2) is 15.8. The van der Waals surface area contributed by atoms with Gasteiger partial charge in [-0.25, -0.2) is 19.2 Å². The van der Waals surface area contributed by atoms with Gasteiger partial charge in [0.15, 0.2) is 0 Å². The lowest BCUT2D eigenvalue weighted by Crippen LogP contribution is -2.67. The fraction of sp³-hybridized carbons (Fsp3) is 0.528. The zero-order valence-corrected chi connectivity index (χ0v) is 37.7. The van der Waals surface area contributed by atoms with Gasteiger partial charge in [0.1, 0.15) is 18.8 Å². The van der Waals surface area contributed by atoms with Crippen molar-refractivity contribution in [3.8, 4) is 0 Å². The molecule has 0 spiro atoms. The van der Waals surface area contributed by atoms with E-state index in [2.05, 4.69) is 54.5 Å². The van der Waals surface area contributed by atoms with Gasteiger partial charge in [-0.3, -0.25) is 4.79 Å². The molecule has 63 heavy (non-hydrogen) atoms. The van der Waals surface area contributed by atoms with Crippen LogP contribution in [0, 0.1) is 50.2 Å². The number of rotatable bonds is 9. The van der Waals surface area contributed by atoms with Crippen LogP contribution in [-0.4, -0.2) is 52.3 Å². The minimum atomic E-state index is -1.27. The fourth-order valence-electron chi connectivity index (χ4n) is 14.0. The lowest BCUT2D eigenvalue weighted by Gasteiger charge is -2.71. The molecule has 0 radical (unpaired) electrons. The molecule has 4 saturated carbocycles. The van der Waals surface area contributed by atoms with Crippen molar-refractivity contribution in [1.82, 2.24) is 0 Å². The average molecular weight is 859 g/mol. The van der Waals surface area contributed by atoms with Gasteiger partial charge < -0.3 is 24.4 Å². The van der Waals surface area contributed by atoms with E-state index in [1.807, 2.05) is 30.3 Å². The summed E-state index contributed by atoms with van der Waals surface area (Å²) >= 11 is 0. The van der Waals surface area contributed by atoms with Crippen LogP contribution in [0.15, 0.2) is 90.5 Å². The van der Waals surface area contributed by atoms with Gasteiger partial charge in [0.2, 0.25) is 0 Å². The molecule has 0 aromatic heterocycles. The van der Waals surface area contributed by atoms with E-state index in [1.54, 1.807) is 24.3 Å². The van der Waals surface area contributed by atoms with Gasteiger partial charge in [-0.15, -0.1) is 0 Å². The number of esters is 3. The first-order valence-electron chi connectivity index (χ1n) is 22.7. The second-order valence-corrected chi connectivity index (χ2v) is 21.4. The van der Waals surface area contributed by atoms with E-state index in [0.717, 1.165) is 56.9 Å². The molecule has 3 aromatic rings. The van der Waals surface area contributed by atoms with Crippen LogP contribution in [0.25, 0.3) is 0 Å². The van der Waals surface area contributed by atoms with E-state index in [0.29, 0.717) is 6.42 Å². The van der Waals surface area contributed by atoms with Crippen LogP contribution in [-0.2, 0) is 25.6 Å². The molecule has 5 aliphatic rings. The maximum Gasteiger partial charge on any atom is 0.339 e. The van der Waals surface area contributed by atoms with Crippen molar-refractivity contribution in [2.45, 2.75) is 125 Å². The first kappa shape index (κ1) is 44.4. The number of carboxylic acids is 2. The Labute approximate surface area is 370 Å². The molecule has 2 N–H and O–H groups in total. The average Bonchev–Trinajstić information content (AvgIpc) is 3.24. The summed E-state index contributed by atoms with van der Waals surface area (Å²) in [5.41, 5.74) is -0.483. The number of carbonyl (C=O) groups excluding carboxylic acids is 3. The normalized spacial score (nSPS) is 33.7. The number of hydrogen-bond acceptors (Lipinski definition) is 8. The predicted molar refractivity (Wildman–Crippen MR) is 236 cm³/mol. The highest BCUT2D eigenvalue weighted by molar-refractivity contribution is 6.03. The quantitative estimate of drug-likeness (QED) is 0.121. The van der Waals surface area contributed by atoms with Crippen LogP contribution in [0.5, 0.6) is 0 Å². The van der Waals surface area contributed by atoms with Crippen LogP contribution in [0.2, 0.25) is 0 Å². The molecule has 4 fully saturated rings. The summed E-state index contributed by atoms with van der Waals surface area (Å²) < 4.78 is 19.0. The summed E-state index contributed by atoms with van der Waals surface area (Å²) in [4.78, 5) is 67.3. The molecular formula is C53H62O10. The number of carboxylic acid groups (broad SMARTS) is 2. The number of aromatic carboxylic acids is 2.